The van der Waals surface area contributed by atoms with Crippen LogP contribution in [0.5, 0.6) is 11.5 Å². The SMILES string of the molecule is COc1cc(OC)c(NC(=S)Nc2ccc(NC(=O)c3ccccc3F)c(C(=O)c3ccccc3)c2)cc1Cl. The van der Waals surface area contributed by atoms with Crippen LogP contribution in [0, 0.1) is 5.82 Å². The number of anilines is 3. The van der Waals surface area contributed by atoms with Gasteiger partial charge < -0.3 is 25.4 Å². The number of hydrogen-bond donors (Lipinski definition) is 3. The van der Waals surface area contributed by atoms with Crippen molar-refractivity contribution in [2.45, 2.75) is 0 Å². The lowest BCUT2D eigenvalue weighted by Crippen LogP contribution is -2.20. The third kappa shape index (κ3) is 6.51. The minimum absolute atomic E-state index is 0.143. The predicted octanol–water partition coefficient (Wildman–Crippen LogP) is 6.79. The van der Waals surface area contributed by atoms with Gasteiger partial charge in [-0.25, -0.2) is 4.39 Å². The number of amides is 1. The van der Waals surface area contributed by atoms with Gasteiger partial charge in [-0.05, 0) is 48.6 Å². The Kier molecular flexibility index (Phi) is 8.75. The zero-order chi connectivity index (χ0) is 27.9. The van der Waals surface area contributed by atoms with E-state index in [2.05, 4.69) is 16.0 Å². The average Bonchev–Trinajstić information content (AvgIpc) is 2.94. The van der Waals surface area contributed by atoms with Gasteiger partial charge in [0.2, 0.25) is 0 Å². The molecule has 0 radical (unpaired) electrons. The van der Waals surface area contributed by atoms with E-state index in [1.165, 1.54) is 32.4 Å². The smallest absolute Gasteiger partial charge is 0.258 e. The van der Waals surface area contributed by atoms with Crippen molar-refractivity contribution in [3.8, 4) is 11.5 Å². The highest BCUT2D eigenvalue weighted by atomic mass is 35.5. The summed E-state index contributed by atoms with van der Waals surface area (Å²) in [6, 6.07) is 22.2. The van der Waals surface area contributed by atoms with Gasteiger partial charge in [-0.15, -0.1) is 0 Å². The highest BCUT2D eigenvalue weighted by Crippen LogP contribution is 2.36. The number of carbonyl (C=O) groups is 2. The molecule has 0 saturated carbocycles. The molecule has 7 nitrogen and oxygen atoms in total. The Morgan fingerprint density at radius 1 is 0.769 bits per heavy atom. The average molecular weight is 564 g/mol. The summed E-state index contributed by atoms with van der Waals surface area (Å²) in [6.07, 6.45) is 0. The highest BCUT2D eigenvalue weighted by molar-refractivity contribution is 7.80. The molecule has 0 aliphatic carbocycles. The van der Waals surface area contributed by atoms with Crippen molar-refractivity contribution in [1.29, 1.82) is 0 Å². The number of hydrogen-bond acceptors (Lipinski definition) is 5. The summed E-state index contributed by atoms with van der Waals surface area (Å²) in [5.74, 6) is -0.807. The van der Waals surface area contributed by atoms with Crippen LogP contribution < -0.4 is 25.4 Å². The molecular weight excluding hydrogens is 541 g/mol. The Morgan fingerprint density at radius 2 is 1.46 bits per heavy atom. The van der Waals surface area contributed by atoms with Gasteiger partial charge in [0.1, 0.15) is 17.3 Å². The molecule has 0 aliphatic heterocycles. The topological polar surface area (TPSA) is 88.7 Å². The van der Waals surface area contributed by atoms with E-state index in [1.807, 2.05) is 0 Å². The zero-order valence-electron chi connectivity index (χ0n) is 20.9. The Bertz CT molecular complexity index is 1550. The maximum Gasteiger partial charge on any atom is 0.258 e. The summed E-state index contributed by atoms with van der Waals surface area (Å²) in [6.45, 7) is 0. The molecule has 0 bridgehead atoms. The third-order valence-electron chi connectivity index (χ3n) is 5.65. The maximum atomic E-state index is 14.2. The lowest BCUT2D eigenvalue weighted by Gasteiger charge is -2.17. The van der Waals surface area contributed by atoms with Gasteiger partial charge in [-0.3, -0.25) is 9.59 Å². The number of ether oxygens (including phenoxy) is 2. The number of nitrogens with one attached hydrogen (secondary N) is 3. The standard InChI is InChI=1S/C29H23ClFN3O4S/c1-37-25-16-26(38-2)24(15-21(25)30)34-29(39)32-18-12-13-23(33-28(36)19-10-6-7-11-22(19)31)20(14-18)27(35)17-8-4-3-5-9-17/h3-16H,1-2H3,(H,33,36)(H2,32,34,39). The fourth-order valence-electron chi connectivity index (χ4n) is 3.74. The first-order valence-corrected chi connectivity index (χ1v) is 12.4. The lowest BCUT2D eigenvalue weighted by atomic mass is 10.0. The van der Waals surface area contributed by atoms with Crippen LogP contribution in [0.15, 0.2) is 84.9 Å². The summed E-state index contributed by atoms with van der Waals surface area (Å²) >= 11 is 11.7. The van der Waals surface area contributed by atoms with E-state index in [0.29, 0.717) is 33.5 Å². The van der Waals surface area contributed by atoms with Crippen LogP contribution in [0.3, 0.4) is 0 Å². The van der Waals surface area contributed by atoms with E-state index >= 15 is 0 Å². The normalized spacial score (nSPS) is 10.4. The fraction of sp³-hybridized carbons (Fsp3) is 0.0690. The number of ketones is 1. The molecule has 4 aromatic carbocycles. The summed E-state index contributed by atoms with van der Waals surface area (Å²) < 4.78 is 24.8. The van der Waals surface area contributed by atoms with E-state index in [0.717, 1.165) is 0 Å². The molecule has 1 amide bonds. The molecule has 3 N–H and O–H groups in total. The van der Waals surface area contributed by atoms with Crippen LogP contribution in [0.4, 0.5) is 21.5 Å². The summed E-state index contributed by atoms with van der Waals surface area (Å²) in [7, 11) is 3.00. The molecule has 198 valence electrons. The van der Waals surface area contributed by atoms with E-state index in [1.54, 1.807) is 66.7 Å². The second-order valence-corrected chi connectivity index (χ2v) is 8.97. The molecule has 4 aromatic rings. The van der Waals surface area contributed by atoms with E-state index in [-0.39, 0.29) is 27.7 Å². The van der Waals surface area contributed by atoms with Crippen molar-refractivity contribution in [2.24, 2.45) is 0 Å². The van der Waals surface area contributed by atoms with Crippen LogP contribution in [-0.4, -0.2) is 31.0 Å². The minimum Gasteiger partial charge on any atom is -0.495 e. The monoisotopic (exact) mass is 563 g/mol. The Hall–Kier alpha value is -4.47. The Morgan fingerprint density at radius 3 is 2.15 bits per heavy atom. The van der Waals surface area contributed by atoms with E-state index in [9.17, 15) is 14.0 Å². The van der Waals surface area contributed by atoms with Crippen LogP contribution in [-0.2, 0) is 0 Å². The number of rotatable bonds is 8. The number of thiocarbonyl (C=S) groups is 1. The van der Waals surface area contributed by atoms with Crippen molar-refractivity contribution in [2.75, 3.05) is 30.2 Å². The first kappa shape index (κ1) is 27.6. The van der Waals surface area contributed by atoms with Crippen LogP contribution in [0.1, 0.15) is 26.3 Å². The molecule has 0 fully saturated rings. The Labute approximate surface area is 234 Å². The summed E-state index contributed by atoms with van der Waals surface area (Å²) in [5, 5.41) is 9.24. The molecule has 39 heavy (non-hydrogen) atoms. The molecule has 10 heteroatoms. The summed E-state index contributed by atoms with van der Waals surface area (Å²) in [4.78, 5) is 26.2. The van der Waals surface area contributed by atoms with E-state index in [4.69, 9.17) is 33.3 Å². The summed E-state index contributed by atoms with van der Waals surface area (Å²) in [5.41, 5.74) is 1.63. The van der Waals surface area contributed by atoms with Crippen molar-refractivity contribution in [1.82, 2.24) is 0 Å². The van der Waals surface area contributed by atoms with Crippen LogP contribution >= 0.6 is 23.8 Å². The molecule has 0 aromatic heterocycles. The fourth-order valence-corrected chi connectivity index (χ4v) is 4.21. The number of benzene rings is 4. The van der Waals surface area contributed by atoms with Crippen molar-refractivity contribution < 1.29 is 23.5 Å². The lowest BCUT2D eigenvalue weighted by molar-refractivity contribution is 0.102. The van der Waals surface area contributed by atoms with Crippen molar-refractivity contribution in [3.05, 3.63) is 112 Å². The van der Waals surface area contributed by atoms with Gasteiger partial charge in [0.25, 0.3) is 5.91 Å². The van der Waals surface area contributed by atoms with Gasteiger partial charge in [0, 0.05) is 22.9 Å². The van der Waals surface area contributed by atoms with Gasteiger partial charge in [-0.2, -0.15) is 0 Å². The molecule has 0 heterocycles. The van der Waals surface area contributed by atoms with Gasteiger partial charge >= 0.3 is 0 Å². The van der Waals surface area contributed by atoms with E-state index < -0.39 is 11.7 Å². The van der Waals surface area contributed by atoms with Crippen molar-refractivity contribution in [3.63, 3.8) is 0 Å². The molecule has 0 aliphatic rings. The van der Waals surface area contributed by atoms with Gasteiger partial charge in [0.15, 0.2) is 10.9 Å². The minimum atomic E-state index is -0.684. The van der Waals surface area contributed by atoms with Crippen LogP contribution in [0.25, 0.3) is 0 Å². The van der Waals surface area contributed by atoms with Gasteiger partial charge in [-0.1, -0.05) is 54.1 Å². The second kappa shape index (κ2) is 12.4. The van der Waals surface area contributed by atoms with Crippen LogP contribution in [0.2, 0.25) is 5.02 Å². The zero-order valence-corrected chi connectivity index (χ0v) is 22.5. The second-order valence-electron chi connectivity index (χ2n) is 8.16. The highest BCUT2D eigenvalue weighted by Gasteiger charge is 2.19. The Balaban J connectivity index is 1.62. The largest absolute Gasteiger partial charge is 0.495 e. The van der Waals surface area contributed by atoms with Gasteiger partial charge in [0.05, 0.1) is 36.2 Å². The third-order valence-corrected chi connectivity index (χ3v) is 6.15. The number of carbonyl (C=O) groups excluding carboxylic acids is 2. The molecule has 0 spiro atoms. The quantitative estimate of drug-likeness (QED) is 0.161. The maximum absolute atomic E-state index is 14.2. The molecule has 0 atom stereocenters. The predicted molar refractivity (Wildman–Crippen MR) is 155 cm³/mol. The molecular formula is C29H23ClFN3O4S. The first-order chi connectivity index (χ1) is 18.8. The molecule has 0 saturated heterocycles. The first-order valence-electron chi connectivity index (χ1n) is 11.6. The number of halogens is 2. The molecule has 4 rings (SSSR count). The molecule has 0 unspecified atom stereocenters. The number of methoxy groups -OCH3 is 2. The van der Waals surface area contributed by atoms with Crippen molar-refractivity contribution >= 4 is 57.7 Å².